The predicted octanol–water partition coefficient (Wildman–Crippen LogP) is 2.74. The Morgan fingerprint density at radius 1 is 1.55 bits per heavy atom. The summed E-state index contributed by atoms with van der Waals surface area (Å²) in [5.74, 6) is 0.0657. The first kappa shape index (κ1) is 18.7. The van der Waals surface area contributed by atoms with Gasteiger partial charge in [-0.2, -0.15) is 0 Å². The van der Waals surface area contributed by atoms with Gasteiger partial charge in [-0.1, -0.05) is 11.6 Å². The van der Waals surface area contributed by atoms with Gasteiger partial charge in [-0.3, -0.25) is 14.9 Å². The molecule has 0 radical (unpaired) electrons. The lowest BCUT2D eigenvalue weighted by Crippen LogP contribution is -2.42. The third-order valence-corrected chi connectivity index (χ3v) is 3.92. The minimum atomic E-state index is -0.543. The van der Waals surface area contributed by atoms with E-state index in [4.69, 9.17) is 11.6 Å². The maximum Gasteiger partial charge on any atom is 0.282 e. The minimum absolute atomic E-state index is 0. The molecule has 8 heteroatoms. The molecule has 1 unspecified atom stereocenters. The number of piperidine rings is 1. The number of nitro benzene ring substituents is 1. The van der Waals surface area contributed by atoms with Crippen LogP contribution in [0.15, 0.2) is 18.2 Å². The Bertz CT molecular complexity index is 552. The Balaban J connectivity index is 0.00000242. The molecule has 122 valence electrons. The van der Waals surface area contributed by atoms with E-state index in [2.05, 4.69) is 5.32 Å². The summed E-state index contributed by atoms with van der Waals surface area (Å²) < 4.78 is 0. The van der Waals surface area contributed by atoms with E-state index in [1.165, 1.54) is 18.2 Å². The molecule has 1 heterocycles. The van der Waals surface area contributed by atoms with Crippen molar-refractivity contribution in [2.24, 2.45) is 5.92 Å². The van der Waals surface area contributed by atoms with Gasteiger partial charge in [0.25, 0.3) is 11.6 Å². The van der Waals surface area contributed by atoms with E-state index in [9.17, 15) is 14.9 Å². The molecule has 2 rings (SSSR count). The number of likely N-dealkylation sites (tertiary alicyclic amines) is 1. The Kier molecular flexibility index (Phi) is 7.06. The highest BCUT2D eigenvalue weighted by atomic mass is 35.5. The molecule has 0 spiro atoms. The van der Waals surface area contributed by atoms with Crippen molar-refractivity contribution >= 4 is 35.6 Å². The number of hydrogen-bond donors (Lipinski definition) is 1. The molecule has 1 aliphatic heterocycles. The van der Waals surface area contributed by atoms with Crippen molar-refractivity contribution in [3.8, 4) is 0 Å². The zero-order chi connectivity index (χ0) is 15.4. The lowest BCUT2D eigenvalue weighted by atomic mass is 9.97. The first-order valence-corrected chi connectivity index (χ1v) is 7.28. The number of carbonyl (C=O) groups is 1. The summed E-state index contributed by atoms with van der Waals surface area (Å²) in [6.07, 6.45) is 1.97. The second-order valence-electron chi connectivity index (χ2n) is 5.24. The molecule has 0 aromatic heterocycles. The molecule has 6 nitrogen and oxygen atoms in total. The van der Waals surface area contributed by atoms with Crippen LogP contribution in [-0.2, 0) is 0 Å². The summed E-state index contributed by atoms with van der Waals surface area (Å²) in [6, 6.07) is 4.09. The highest BCUT2D eigenvalue weighted by Crippen LogP contribution is 2.26. The average Bonchev–Trinajstić information content (AvgIpc) is 2.46. The molecule has 0 aliphatic carbocycles. The van der Waals surface area contributed by atoms with Crippen molar-refractivity contribution in [2.45, 2.75) is 12.8 Å². The molecular formula is C14H19Cl2N3O3. The van der Waals surface area contributed by atoms with Crippen LogP contribution < -0.4 is 5.32 Å². The van der Waals surface area contributed by atoms with Crippen LogP contribution in [0.1, 0.15) is 23.2 Å². The van der Waals surface area contributed by atoms with Gasteiger partial charge >= 0.3 is 0 Å². The lowest BCUT2D eigenvalue weighted by molar-refractivity contribution is -0.385. The number of nitro groups is 1. The summed E-state index contributed by atoms with van der Waals surface area (Å²) in [4.78, 5) is 24.8. The van der Waals surface area contributed by atoms with Gasteiger partial charge in [0.1, 0.15) is 5.56 Å². The first-order valence-electron chi connectivity index (χ1n) is 6.90. The van der Waals surface area contributed by atoms with Crippen molar-refractivity contribution < 1.29 is 9.72 Å². The third-order valence-electron chi connectivity index (χ3n) is 3.68. The molecule has 1 saturated heterocycles. The van der Waals surface area contributed by atoms with Gasteiger partial charge in [-0.15, -0.1) is 12.4 Å². The number of amides is 1. The predicted molar refractivity (Wildman–Crippen MR) is 87.9 cm³/mol. The fraction of sp³-hybridized carbons (Fsp3) is 0.500. The van der Waals surface area contributed by atoms with Gasteiger partial charge in [0.2, 0.25) is 0 Å². The Hall–Kier alpha value is -1.37. The van der Waals surface area contributed by atoms with Crippen LogP contribution in [0.5, 0.6) is 0 Å². The molecule has 1 aliphatic rings. The van der Waals surface area contributed by atoms with Crippen molar-refractivity contribution in [1.82, 2.24) is 10.2 Å². The highest BCUT2D eigenvalue weighted by Gasteiger charge is 2.28. The normalized spacial score (nSPS) is 17.7. The molecule has 1 atom stereocenters. The quantitative estimate of drug-likeness (QED) is 0.671. The van der Waals surface area contributed by atoms with Gasteiger partial charge in [0.15, 0.2) is 0 Å². The standard InChI is InChI=1S/C14H18ClN3O3.ClH/c1-16-8-10-3-2-6-17(9-10)14(19)12-7-11(15)4-5-13(12)18(20)21;/h4-5,7,10,16H,2-3,6,8-9H2,1H3;1H. The molecule has 1 amide bonds. The van der Waals surface area contributed by atoms with E-state index in [1.54, 1.807) is 4.90 Å². The first-order chi connectivity index (χ1) is 10.0. The lowest BCUT2D eigenvalue weighted by Gasteiger charge is -2.32. The summed E-state index contributed by atoms with van der Waals surface area (Å²) in [5.41, 5.74) is -0.127. The average molecular weight is 348 g/mol. The van der Waals surface area contributed by atoms with Crippen molar-refractivity contribution in [1.29, 1.82) is 0 Å². The molecular weight excluding hydrogens is 329 g/mol. The van der Waals surface area contributed by atoms with Crippen molar-refractivity contribution in [3.05, 3.63) is 38.9 Å². The highest BCUT2D eigenvalue weighted by molar-refractivity contribution is 6.31. The largest absolute Gasteiger partial charge is 0.338 e. The topological polar surface area (TPSA) is 75.5 Å². The molecule has 1 fully saturated rings. The molecule has 1 N–H and O–H groups in total. The van der Waals surface area contributed by atoms with Gasteiger partial charge in [0, 0.05) is 24.2 Å². The summed E-state index contributed by atoms with van der Waals surface area (Å²) in [6.45, 7) is 2.08. The zero-order valence-electron chi connectivity index (χ0n) is 12.3. The minimum Gasteiger partial charge on any atom is -0.338 e. The van der Waals surface area contributed by atoms with Gasteiger partial charge < -0.3 is 10.2 Å². The molecule has 1 aromatic rings. The number of halogens is 2. The fourth-order valence-corrected chi connectivity index (χ4v) is 2.89. The van der Waals surface area contributed by atoms with Gasteiger partial charge in [-0.05, 0) is 44.5 Å². The number of nitrogens with zero attached hydrogens (tertiary/aromatic N) is 2. The fourth-order valence-electron chi connectivity index (χ4n) is 2.71. The Labute approximate surface area is 140 Å². The number of benzene rings is 1. The van der Waals surface area contributed by atoms with E-state index in [1.807, 2.05) is 7.05 Å². The number of rotatable bonds is 4. The maximum atomic E-state index is 12.6. The summed E-state index contributed by atoms with van der Waals surface area (Å²) in [5, 5.41) is 14.5. The van der Waals surface area contributed by atoms with Crippen LogP contribution in [0.25, 0.3) is 0 Å². The maximum absolute atomic E-state index is 12.6. The summed E-state index contributed by atoms with van der Waals surface area (Å²) >= 11 is 5.88. The second-order valence-corrected chi connectivity index (χ2v) is 5.67. The Morgan fingerprint density at radius 2 is 2.27 bits per heavy atom. The zero-order valence-corrected chi connectivity index (χ0v) is 13.8. The molecule has 0 bridgehead atoms. The number of carbonyl (C=O) groups excluding carboxylic acids is 1. The van der Waals surface area contributed by atoms with Gasteiger partial charge in [0.05, 0.1) is 4.92 Å². The SMILES string of the molecule is CNCC1CCCN(C(=O)c2cc(Cl)ccc2[N+](=O)[O-])C1.Cl. The third kappa shape index (κ3) is 4.32. The monoisotopic (exact) mass is 347 g/mol. The number of nitrogens with one attached hydrogen (secondary N) is 1. The Morgan fingerprint density at radius 3 is 2.91 bits per heavy atom. The van der Waals surface area contributed by atoms with Crippen molar-refractivity contribution in [2.75, 3.05) is 26.7 Å². The van der Waals surface area contributed by atoms with Crippen LogP contribution in [0.3, 0.4) is 0 Å². The van der Waals surface area contributed by atoms with E-state index < -0.39 is 4.92 Å². The molecule has 0 saturated carbocycles. The van der Waals surface area contributed by atoms with Gasteiger partial charge in [-0.25, -0.2) is 0 Å². The summed E-state index contributed by atoms with van der Waals surface area (Å²) in [7, 11) is 1.88. The van der Waals surface area contributed by atoms with Crippen LogP contribution in [0, 0.1) is 16.0 Å². The number of hydrogen-bond acceptors (Lipinski definition) is 4. The van der Waals surface area contributed by atoms with E-state index >= 15 is 0 Å². The molecule has 22 heavy (non-hydrogen) atoms. The van der Waals surface area contributed by atoms with Crippen molar-refractivity contribution in [3.63, 3.8) is 0 Å². The molecule has 1 aromatic carbocycles. The van der Waals surface area contributed by atoms with E-state index in [0.29, 0.717) is 24.0 Å². The second kappa shape index (κ2) is 8.31. The van der Waals surface area contributed by atoms with Crippen LogP contribution >= 0.6 is 24.0 Å². The van der Waals surface area contributed by atoms with E-state index in [0.717, 1.165) is 19.4 Å². The smallest absolute Gasteiger partial charge is 0.282 e. The van der Waals surface area contributed by atoms with Crippen LogP contribution in [0.2, 0.25) is 5.02 Å². The van der Waals surface area contributed by atoms with E-state index in [-0.39, 0.29) is 29.6 Å². The van der Waals surface area contributed by atoms with Crippen LogP contribution in [0.4, 0.5) is 5.69 Å². The van der Waals surface area contributed by atoms with Crippen LogP contribution in [-0.4, -0.2) is 42.4 Å².